The molecule has 2 rings (SSSR count). The van der Waals surface area contributed by atoms with Crippen molar-refractivity contribution in [3.63, 3.8) is 0 Å². The molecule has 0 unspecified atom stereocenters. The highest BCUT2D eigenvalue weighted by atomic mass is 35.5. The fourth-order valence-corrected chi connectivity index (χ4v) is 1.74. The quantitative estimate of drug-likeness (QED) is 0.879. The maximum absolute atomic E-state index is 12.6. The van der Waals surface area contributed by atoms with E-state index in [9.17, 15) is 9.18 Å². The van der Waals surface area contributed by atoms with Crippen LogP contribution in [0.2, 0.25) is 0 Å². The average molecular weight is 296 g/mol. The van der Waals surface area contributed by atoms with E-state index in [-0.39, 0.29) is 36.8 Å². The van der Waals surface area contributed by atoms with Gasteiger partial charge in [-0.1, -0.05) is 6.42 Å². The number of hydrogen-bond donors (Lipinski definition) is 2. The summed E-state index contributed by atoms with van der Waals surface area (Å²) in [6.45, 7) is 0.870. The van der Waals surface area contributed by atoms with Gasteiger partial charge in [-0.05, 0) is 31.5 Å². The average Bonchev–Trinajstić information content (AvgIpc) is 2.33. The van der Waals surface area contributed by atoms with Crippen molar-refractivity contribution < 1.29 is 9.18 Å². The Labute approximate surface area is 118 Å². The molecule has 1 aromatic heterocycles. The fourth-order valence-electron chi connectivity index (χ4n) is 1.74. The van der Waals surface area contributed by atoms with Gasteiger partial charge in [0.2, 0.25) is 5.91 Å². The second-order valence-corrected chi connectivity index (χ2v) is 3.85. The first kappa shape index (κ1) is 17.1. The van der Waals surface area contributed by atoms with Gasteiger partial charge in [-0.3, -0.25) is 4.79 Å². The minimum absolute atomic E-state index is 0. The van der Waals surface area contributed by atoms with Gasteiger partial charge >= 0.3 is 0 Å². The van der Waals surface area contributed by atoms with E-state index in [1.165, 1.54) is 12.1 Å². The van der Waals surface area contributed by atoms with Crippen molar-refractivity contribution in [1.82, 2.24) is 10.3 Å². The van der Waals surface area contributed by atoms with Crippen LogP contribution in [0.25, 0.3) is 0 Å². The van der Waals surface area contributed by atoms with Crippen LogP contribution in [0.4, 0.5) is 10.2 Å². The van der Waals surface area contributed by atoms with Gasteiger partial charge in [0.25, 0.3) is 0 Å². The lowest BCUT2D eigenvalue weighted by molar-refractivity contribution is -0.118. The van der Waals surface area contributed by atoms with Gasteiger partial charge < -0.3 is 10.6 Å². The first-order chi connectivity index (χ1) is 7.75. The molecule has 1 atom stereocenters. The van der Waals surface area contributed by atoms with E-state index in [1.54, 1.807) is 0 Å². The number of nitrogens with one attached hydrogen (secondary N) is 2. The summed E-state index contributed by atoms with van der Waals surface area (Å²) in [6.07, 6.45) is 4.09. The largest absolute Gasteiger partial charge is 0.309 e. The van der Waals surface area contributed by atoms with Gasteiger partial charge in [0.15, 0.2) is 0 Å². The molecular weight excluding hydrogens is 280 g/mol. The van der Waals surface area contributed by atoms with E-state index < -0.39 is 5.82 Å². The molecule has 0 saturated carbocycles. The molecule has 4 nitrogen and oxygen atoms in total. The molecule has 18 heavy (non-hydrogen) atoms. The second-order valence-electron chi connectivity index (χ2n) is 3.85. The number of rotatable bonds is 2. The molecule has 2 heterocycles. The molecule has 0 spiro atoms. The molecule has 0 bridgehead atoms. The SMILES string of the molecule is Cl.Cl.O=C(Nc1ccc(F)cn1)[C@H]1CCCCN1. The molecule has 1 saturated heterocycles. The Morgan fingerprint density at radius 1 is 1.39 bits per heavy atom. The molecule has 0 aromatic carbocycles. The number of amides is 1. The van der Waals surface area contributed by atoms with E-state index >= 15 is 0 Å². The van der Waals surface area contributed by atoms with Crippen LogP contribution in [-0.2, 0) is 4.79 Å². The topological polar surface area (TPSA) is 54.0 Å². The zero-order chi connectivity index (χ0) is 11.4. The lowest BCUT2D eigenvalue weighted by Gasteiger charge is -2.22. The Bertz CT molecular complexity index is 369. The van der Waals surface area contributed by atoms with Gasteiger partial charge in [-0.15, -0.1) is 24.8 Å². The summed E-state index contributed by atoms with van der Waals surface area (Å²) in [7, 11) is 0. The van der Waals surface area contributed by atoms with Crippen LogP contribution >= 0.6 is 24.8 Å². The standard InChI is InChI=1S/C11H14FN3O.2ClH/c12-8-4-5-10(14-7-8)15-11(16)9-3-1-2-6-13-9;;/h4-5,7,9,13H,1-3,6H2,(H,14,15,16);2*1H/t9-;;/m1../s1. The third-order valence-electron chi connectivity index (χ3n) is 2.61. The lowest BCUT2D eigenvalue weighted by atomic mass is 10.0. The van der Waals surface area contributed by atoms with Crippen LogP contribution in [0.3, 0.4) is 0 Å². The van der Waals surface area contributed by atoms with Crippen LogP contribution in [-0.4, -0.2) is 23.5 Å². The number of pyridine rings is 1. The molecule has 1 aromatic rings. The summed E-state index contributed by atoms with van der Waals surface area (Å²) in [5, 5.41) is 5.80. The summed E-state index contributed by atoms with van der Waals surface area (Å²) in [4.78, 5) is 15.5. The molecule has 0 radical (unpaired) electrons. The second kappa shape index (κ2) is 8.24. The van der Waals surface area contributed by atoms with Crippen molar-refractivity contribution in [3.05, 3.63) is 24.1 Å². The zero-order valence-corrected chi connectivity index (χ0v) is 11.3. The zero-order valence-electron chi connectivity index (χ0n) is 9.69. The molecule has 7 heteroatoms. The highest BCUT2D eigenvalue weighted by Crippen LogP contribution is 2.10. The van der Waals surface area contributed by atoms with Gasteiger partial charge in [0.1, 0.15) is 11.6 Å². The number of anilines is 1. The van der Waals surface area contributed by atoms with Crippen molar-refractivity contribution in [2.24, 2.45) is 0 Å². The lowest BCUT2D eigenvalue weighted by Crippen LogP contribution is -2.43. The van der Waals surface area contributed by atoms with Crippen molar-refractivity contribution >= 4 is 36.5 Å². The maximum atomic E-state index is 12.6. The number of piperidine rings is 1. The highest BCUT2D eigenvalue weighted by Gasteiger charge is 2.20. The molecule has 2 N–H and O–H groups in total. The van der Waals surface area contributed by atoms with Gasteiger partial charge in [-0.2, -0.15) is 0 Å². The number of carbonyl (C=O) groups is 1. The number of hydrogen-bond acceptors (Lipinski definition) is 3. The van der Waals surface area contributed by atoms with Crippen LogP contribution in [0.5, 0.6) is 0 Å². The van der Waals surface area contributed by atoms with E-state index in [0.717, 1.165) is 32.0 Å². The Hall–Kier alpha value is -0.910. The fraction of sp³-hybridized carbons (Fsp3) is 0.455. The smallest absolute Gasteiger partial charge is 0.242 e. The van der Waals surface area contributed by atoms with E-state index in [1.807, 2.05) is 0 Å². The molecule has 1 aliphatic heterocycles. The Morgan fingerprint density at radius 3 is 2.72 bits per heavy atom. The van der Waals surface area contributed by atoms with Gasteiger partial charge in [0.05, 0.1) is 12.2 Å². The van der Waals surface area contributed by atoms with Crippen LogP contribution < -0.4 is 10.6 Å². The summed E-state index contributed by atoms with van der Waals surface area (Å²) in [5.41, 5.74) is 0. The van der Waals surface area contributed by atoms with Crippen molar-refractivity contribution in [3.8, 4) is 0 Å². The summed E-state index contributed by atoms with van der Waals surface area (Å²) < 4.78 is 12.6. The minimum Gasteiger partial charge on any atom is -0.309 e. The van der Waals surface area contributed by atoms with Crippen molar-refractivity contribution in [2.45, 2.75) is 25.3 Å². The first-order valence-corrected chi connectivity index (χ1v) is 5.41. The van der Waals surface area contributed by atoms with E-state index in [4.69, 9.17) is 0 Å². The summed E-state index contributed by atoms with van der Waals surface area (Å²) >= 11 is 0. The predicted octanol–water partition coefficient (Wildman–Crippen LogP) is 2.14. The molecular formula is C11H16Cl2FN3O. The molecule has 1 fully saturated rings. The Balaban J connectivity index is 0.00000144. The third kappa shape index (κ3) is 4.76. The minimum atomic E-state index is -0.409. The van der Waals surface area contributed by atoms with Crippen LogP contribution in [0, 0.1) is 5.82 Å². The van der Waals surface area contributed by atoms with Gasteiger partial charge in [0, 0.05) is 0 Å². The molecule has 1 amide bonds. The monoisotopic (exact) mass is 295 g/mol. The molecule has 102 valence electrons. The third-order valence-corrected chi connectivity index (χ3v) is 2.61. The molecule has 1 aliphatic rings. The number of carbonyl (C=O) groups excluding carboxylic acids is 1. The van der Waals surface area contributed by atoms with Crippen molar-refractivity contribution in [2.75, 3.05) is 11.9 Å². The number of nitrogens with zero attached hydrogens (tertiary/aromatic N) is 1. The van der Waals surface area contributed by atoms with Crippen LogP contribution in [0.1, 0.15) is 19.3 Å². The predicted molar refractivity (Wildman–Crippen MR) is 73.0 cm³/mol. The maximum Gasteiger partial charge on any atom is 0.242 e. The van der Waals surface area contributed by atoms with E-state index in [0.29, 0.717) is 5.82 Å². The normalized spacial score (nSPS) is 18.2. The summed E-state index contributed by atoms with van der Waals surface area (Å²) in [6, 6.07) is 2.58. The number of aromatic nitrogens is 1. The number of halogens is 3. The Morgan fingerprint density at radius 2 is 2.17 bits per heavy atom. The van der Waals surface area contributed by atoms with Gasteiger partial charge in [-0.25, -0.2) is 9.37 Å². The highest BCUT2D eigenvalue weighted by molar-refractivity contribution is 5.94. The van der Waals surface area contributed by atoms with E-state index in [2.05, 4.69) is 15.6 Å². The van der Waals surface area contributed by atoms with Crippen molar-refractivity contribution in [1.29, 1.82) is 0 Å². The Kier molecular flexibility index (Phi) is 7.82. The first-order valence-electron chi connectivity index (χ1n) is 5.41. The molecule has 0 aliphatic carbocycles. The summed E-state index contributed by atoms with van der Waals surface area (Å²) in [5.74, 6) is -0.119. The van der Waals surface area contributed by atoms with Crippen LogP contribution in [0.15, 0.2) is 18.3 Å².